The van der Waals surface area contributed by atoms with Crippen LogP contribution < -0.4 is 0 Å². The third-order valence-electron chi connectivity index (χ3n) is 2.47. The Morgan fingerprint density at radius 3 is 2.44 bits per heavy atom. The molecule has 0 unspecified atom stereocenters. The third-order valence-corrected chi connectivity index (χ3v) is 2.47. The fourth-order valence-corrected chi connectivity index (χ4v) is 1.65. The summed E-state index contributed by atoms with van der Waals surface area (Å²) >= 11 is 0. The number of carbonyl (C=O) groups is 1. The molecule has 1 atom stereocenters. The van der Waals surface area contributed by atoms with Crippen LogP contribution in [0.4, 0.5) is 0 Å². The van der Waals surface area contributed by atoms with Crippen molar-refractivity contribution in [2.75, 3.05) is 20.7 Å². The molecule has 0 N–H and O–H groups in total. The number of nitrogens with zero attached hydrogens (tertiary/aromatic N) is 1. The average Bonchev–Trinajstić information content (AvgIpc) is 2.27. The van der Waals surface area contributed by atoms with Crippen LogP contribution in [0, 0.1) is 0 Å². The molecule has 0 aliphatic rings. The highest BCUT2D eigenvalue weighted by Crippen LogP contribution is 2.21. The Hall–Kier alpha value is -1.35. The van der Waals surface area contributed by atoms with Crippen molar-refractivity contribution < 1.29 is 9.53 Å². The van der Waals surface area contributed by atoms with Crippen LogP contribution in [0.2, 0.25) is 0 Å². The summed E-state index contributed by atoms with van der Waals surface area (Å²) in [6, 6.07) is 10.1. The molecule has 3 heteroatoms. The van der Waals surface area contributed by atoms with Gasteiger partial charge in [0.25, 0.3) is 0 Å². The number of hydrogen-bond donors (Lipinski definition) is 0. The first-order valence-electron chi connectivity index (χ1n) is 5.52. The van der Waals surface area contributed by atoms with E-state index in [4.69, 9.17) is 4.74 Å². The summed E-state index contributed by atoms with van der Waals surface area (Å²) in [5, 5.41) is 0. The fourth-order valence-electron chi connectivity index (χ4n) is 1.65. The molecule has 0 heterocycles. The molecule has 0 spiro atoms. The average molecular weight is 221 g/mol. The first kappa shape index (κ1) is 12.7. The Bertz CT molecular complexity index is 322. The molecule has 0 aromatic heterocycles. The van der Waals surface area contributed by atoms with Gasteiger partial charge in [-0.1, -0.05) is 30.3 Å². The molecule has 0 radical (unpaired) electrons. The number of hydrogen-bond acceptors (Lipinski definition) is 3. The Kier molecular flexibility index (Phi) is 4.99. The van der Waals surface area contributed by atoms with Crippen LogP contribution >= 0.6 is 0 Å². The molecule has 1 aromatic carbocycles. The number of rotatable bonds is 5. The Balaban J connectivity index is 2.73. The molecule has 0 fully saturated rings. The van der Waals surface area contributed by atoms with Crippen LogP contribution in [0.15, 0.2) is 30.3 Å². The maximum absolute atomic E-state index is 11.5. The first-order valence-corrected chi connectivity index (χ1v) is 5.52. The second-order valence-corrected chi connectivity index (χ2v) is 3.90. The van der Waals surface area contributed by atoms with Crippen LogP contribution in [0.5, 0.6) is 0 Å². The normalized spacial score (nSPS) is 12.5. The third kappa shape index (κ3) is 3.66. The topological polar surface area (TPSA) is 29.5 Å². The molecule has 88 valence electrons. The van der Waals surface area contributed by atoms with Gasteiger partial charge >= 0.3 is 5.97 Å². The van der Waals surface area contributed by atoms with E-state index in [1.54, 1.807) is 0 Å². The van der Waals surface area contributed by atoms with Gasteiger partial charge in [0, 0.05) is 6.04 Å². The molecule has 1 rings (SSSR count). The van der Waals surface area contributed by atoms with Gasteiger partial charge in [0.2, 0.25) is 0 Å². The second-order valence-electron chi connectivity index (χ2n) is 3.90. The zero-order chi connectivity index (χ0) is 12.0. The van der Waals surface area contributed by atoms with Crippen LogP contribution in [-0.4, -0.2) is 31.6 Å². The van der Waals surface area contributed by atoms with Gasteiger partial charge in [-0.15, -0.1) is 0 Å². The van der Waals surface area contributed by atoms with Gasteiger partial charge in [0.15, 0.2) is 0 Å². The van der Waals surface area contributed by atoms with Crippen LogP contribution in [-0.2, 0) is 9.53 Å². The molecular formula is C13H19NO2. The molecular weight excluding hydrogens is 202 g/mol. The smallest absolute Gasteiger partial charge is 0.307 e. The zero-order valence-electron chi connectivity index (χ0n) is 10.1. The molecule has 0 bridgehead atoms. The number of carbonyl (C=O) groups excluding carboxylic acids is 1. The highest BCUT2D eigenvalue weighted by molar-refractivity contribution is 5.70. The zero-order valence-corrected chi connectivity index (χ0v) is 10.1. The highest BCUT2D eigenvalue weighted by Gasteiger charge is 2.18. The molecule has 16 heavy (non-hydrogen) atoms. The van der Waals surface area contributed by atoms with E-state index < -0.39 is 0 Å². The van der Waals surface area contributed by atoms with E-state index in [0.717, 1.165) is 5.56 Å². The SMILES string of the molecule is CCOC(=O)C[C@@H](c1ccccc1)N(C)C. The lowest BCUT2D eigenvalue weighted by Gasteiger charge is -2.23. The largest absolute Gasteiger partial charge is 0.466 e. The van der Waals surface area contributed by atoms with Crippen molar-refractivity contribution in [1.82, 2.24) is 4.90 Å². The molecule has 0 amide bonds. The molecule has 0 saturated carbocycles. The van der Waals surface area contributed by atoms with Crippen molar-refractivity contribution in [2.24, 2.45) is 0 Å². The summed E-state index contributed by atoms with van der Waals surface area (Å²) in [5.74, 6) is -0.148. The lowest BCUT2D eigenvalue weighted by molar-refractivity contribution is -0.144. The van der Waals surface area contributed by atoms with Crippen molar-refractivity contribution in [1.29, 1.82) is 0 Å². The van der Waals surface area contributed by atoms with Crippen molar-refractivity contribution in [2.45, 2.75) is 19.4 Å². The molecule has 1 aromatic rings. The lowest BCUT2D eigenvalue weighted by Crippen LogP contribution is -2.23. The summed E-state index contributed by atoms with van der Waals surface area (Å²) in [6.45, 7) is 2.26. The minimum atomic E-state index is -0.148. The van der Waals surface area contributed by atoms with Crippen molar-refractivity contribution >= 4 is 5.97 Å². The Morgan fingerprint density at radius 2 is 1.94 bits per heavy atom. The number of esters is 1. The van der Waals surface area contributed by atoms with Crippen LogP contribution in [0.3, 0.4) is 0 Å². The summed E-state index contributed by atoms with van der Waals surface area (Å²) in [4.78, 5) is 13.5. The van der Waals surface area contributed by atoms with Gasteiger partial charge < -0.3 is 9.64 Å². The number of benzene rings is 1. The summed E-state index contributed by atoms with van der Waals surface area (Å²) in [5.41, 5.74) is 1.14. The Morgan fingerprint density at radius 1 is 1.31 bits per heavy atom. The van der Waals surface area contributed by atoms with E-state index in [2.05, 4.69) is 0 Å². The summed E-state index contributed by atoms with van der Waals surface area (Å²) in [7, 11) is 3.94. The van der Waals surface area contributed by atoms with E-state index in [-0.39, 0.29) is 12.0 Å². The van der Waals surface area contributed by atoms with Crippen LogP contribution in [0.25, 0.3) is 0 Å². The van der Waals surface area contributed by atoms with Gasteiger partial charge in [-0.05, 0) is 26.6 Å². The van der Waals surface area contributed by atoms with Crippen LogP contribution in [0.1, 0.15) is 24.9 Å². The molecule has 0 aliphatic carbocycles. The minimum Gasteiger partial charge on any atom is -0.466 e. The maximum Gasteiger partial charge on any atom is 0.307 e. The summed E-state index contributed by atoms with van der Waals surface area (Å²) < 4.78 is 4.98. The predicted octanol–water partition coefficient (Wildman–Crippen LogP) is 2.24. The van der Waals surface area contributed by atoms with Gasteiger partial charge in [0.05, 0.1) is 13.0 Å². The van der Waals surface area contributed by atoms with E-state index in [1.165, 1.54) is 0 Å². The van der Waals surface area contributed by atoms with E-state index >= 15 is 0 Å². The highest BCUT2D eigenvalue weighted by atomic mass is 16.5. The van der Waals surface area contributed by atoms with Gasteiger partial charge in [-0.25, -0.2) is 0 Å². The lowest BCUT2D eigenvalue weighted by atomic mass is 10.0. The van der Waals surface area contributed by atoms with Crippen molar-refractivity contribution in [3.05, 3.63) is 35.9 Å². The summed E-state index contributed by atoms with van der Waals surface area (Å²) in [6.07, 6.45) is 0.394. The molecule has 0 aliphatic heterocycles. The molecule has 0 saturated heterocycles. The van der Waals surface area contributed by atoms with Gasteiger partial charge in [-0.3, -0.25) is 4.79 Å². The van der Waals surface area contributed by atoms with E-state index in [1.807, 2.05) is 56.3 Å². The van der Waals surface area contributed by atoms with Crippen molar-refractivity contribution in [3.8, 4) is 0 Å². The quantitative estimate of drug-likeness (QED) is 0.714. The standard InChI is InChI=1S/C13H19NO2/c1-4-16-13(15)10-12(14(2)3)11-8-6-5-7-9-11/h5-9,12H,4,10H2,1-3H3/t12-/m0/s1. The van der Waals surface area contributed by atoms with Gasteiger partial charge in [0.1, 0.15) is 0 Å². The monoisotopic (exact) mass is 221 g/mol. The van der Waals surface area contributed by atoms with Gasteiger partial charge in [-0.2, -0.15) is 0 Å². The Labute approximate surface area is 97.0 Å². The second kappa shape index (κ2) is 6.28. The predicted molar refractivity (Wildman–Crippen MR) is 64.1 cm³/mol. The fraction of sp³-hybridized carbons (Fsp3) is 0.462. The molecule has 3 nitrogen and oxygen atoms in total. The van der Waals surface area contributed by atoms with Crippen molar-refractivity contribution in [3.63, 3.8) is 0 Å². The minimum absolute atomic E-state index is 0.0836. The maximum atomic E-state index is 11.5. The van der Waals surface area contributed by atoms with E-state index in [0.29, 0.717) is 13.0 Å². The van der Waals surface area contributed by atoms with E-state index in [9.17, 15) is 4.79 Å². The first-order chi connectivity index (χ1) is 7.65. The number of ether oxygens (including phenoxy) is 1.